The molecule has 0 aromatic heterocycles. The average Bonchev–Trinajstić information content (AvgIpc) is 2.19. The van der Waals surface area contributed by atoms with E-state index in [2.05, 4.69) is 17.2 Å². The summed E-state index contributed by atoms with van der Waals surface area (Å²) in [4.78, 5) is 23.4. The first-order valence-electron chi connectivity index (χ1n) is 6.05. The summed E-state index contributed by atoms with van der Waals surface area (Å²) in [5.41, 5.74) is -0.580. The molecule has 0 aromatic carbocycles. The van der Waals surface area contributed by atoms with Gasteiger partial charge in [-0.2, -0.15) is 0 Å². The fraction of sp³-hybridized carbons (Fsp3) is 0.692. The third-order valence-electron chi connectivity index (χ3n) is 2.04. The second-order valence-corrected chi connectivity index (χ2v) is 5.40. The van der Waals surface area contributed by atoms with E-state index in [1.807, 2.05) is 13.8 Å². The van der Waals surface area contributed by atoms with Gasteiger partial charge < -0.3 is 15.4 Å². The van der Waals surface area contributed by atoms with E-state index >= 15 is 0 Å². The summed E-state index contributed by atoms with van der Waals surface area (Å²) < 4.78 is 5.12. The van der Waals surface area contributed by atoms with Crippen LogP contribution in [0.3, 0.4) is 0 Å². The number of nitrogens with one attached hydrogen (secondary N) is 2. The van der Waals surface area contributed by atoms with Crippen molar-refractivity contribution in [1.82, 2.24) is 10.6 Å². The lowest BCUT2D eigenvalue weighted by Gasteiger charge is -2.25. The van der Waals surface area contributed by atoms with Gasteiger partial charge in [0.15, 0.2) is 0 Å². The first kappa shape index (κ1) is 16.5. The molecule has 2 amide bonds. The minimum Gasteiger partial charge on any atom is -0.444 e. The van der Waals surface area contributed by atoms with E-state index < -0.39 is 17.7 Å². The molecule has 1 unspecified atom stereocenters. The maximum Gasteiger partial charge on any atom is 0.408 e. The monoisotopic (exact) mass is 256 g/mol. The van der Waals surface area contributed by atoms with Gasteiger partial charge in [0, 0.05) is 6.54 Å². The molecule has 0 bridgehead atoms. The van der Waals surface area contributed by atoms with Crippen molar-refractivity contribution in [2.24, 2.45) is 5.92 Å². The molecule has 0 aliphatic carbocycles. The maximum atomic E-state index is 11.8. The zero-order chi connectivity index (χ0) is 14.3. The molecule has 2 N–H and O–H groups in total. The number of carbonyl (C=O) groups is 2. The lowest BCUT2D eigenvalue weighted by atomic mass is 10.0. The van der Waals surface area contributed by atoms with E-state index in [1.165, 1.54) is 0 Å². The number of hydrogen-bond acceptors (Lipinski definition) is 3. The van der Waals surface area contributed by atoms with Gasteiger partial charge in [-0.1, -0.05) is 19.9 Å². The van der Waals surface area contributed by atoms with E-state index in [0.29, 0.717) is 6.54 Å². The molecule has 18 heavy (non-hydrogen) atoms. The van der Waals surface area contributed by atoms with Crippen molar-refractivity contribution >= 4 is 12.0 Å². The number of ether oxygens (including phenoxy) is 1. The predicted octanol–water partition coefficient (Wildman–Crippen LogP) is 1.84. The zero-order valence-corrected chi connectivity index (χ0v) is 11.9. The molecule has 0 aliphatic rings. The summed E-state index contributed by atoms with van der Waals surface area (Å²) in [5, 5.41) is 5.23. The van der Waals surface area contributed by atoms with Gasteiger partial charge in [0.25, 0.3) is 0 Å². The Labute approximate surface area is 109 Å². The fourth-order valence-corrected chi connectivity index (χ4v) is 1.25. The molecule has 5 heteroatoms. The largest absolute Gasteiger partial charge is 0.444 e. The molecule has 0 saturated heterocycles. The summed E-state index contributed by atoms with van der Waals surface area (Å²) in [7, 11) is 0. The molecule has 0 heterocycles. The van der Waals surface area contributed by atoms with Crippen LogP contribution in [0.15, 0.2) is 12.7 Å². The molecule has 0 saturated carbocycles. The van der Waals surface area contributed by atoms with Crippen LogP contribution in [-0.2, 0) is 9.53 Å². The summed E-state index contributed by atoms with van der Waals surface area (Å²) >= 11 is 0. The Balaban J connectivity index is 4.49. The summed E-state index contributed by atoms with van der Waals surface area (Å²) in [6, 6.07) is -0.611. The van der Waals surface area contributed by atoms with Gasteiger partial charge in [0.1, 0.15) is 11.6 Å². The number of alkyl carbamates (subject to hydrolysis) is 1. The Morgan fingerprint density at radius 1 is 1.33 bits per heavy atom. The predicted molar refractivity (Wildman–Crippen MR) is 71.2 cm³/mol. The Hall–Kier alpha value is -1.52. The Morgan fingerprint density at radius 3 is 2.28 bits per heavy atom. The fourth-order valence-electron chi connectivity index (χ4n) is 1.25. The van der Waals surface area contributed by atoms with Crippen LogP contribution in [0.1, 0.15) is 34.6 Å². The minimum absolute atomic E-state index is 0.0256. The number of hydrogen-bond donors (Lipinski definition) is 2. The second kappa shape index (κ2) is 7.03. The van der Waals surface area contributed by atoms with Crippen LogP contribution < -0.4 is 10.6 Å². The normalized spacial score (nSPS) is 12.8. The van der Waals surface area contributed by atoms with Crippen molar-refractivity contribution < 1.29 is 14.3 Å². The highest BCUT2D eigenvalue weighted by atomic mass is 16.6. The third kappa shape index (κ3) is 6.93. The third-order valence-corrected chi connectivity index (χ3v) is 2.04. The van der Waals surface area contributed by atoms with Crippen molar-refractivity contribution in [2.75, 3.05) is 6.54 Å². The van der Waals surface area contributed by atoms with Crippen molar-refractivity contribution in [3.63, 3.8) is 0 Å². The molecule has 1 atom stereocenters. The summed E-state index contributed by atoms with van der Waals surface area (Å²) in [5.74, 6) is -0.266. The molecule has 0 fully saturated rings. The van der Waals surface area contributed by atoms with E-state index in [0.717, 1.165) is 0 Å². The first-order chi connectivity index (χ1) is 8.17. The quantitative estimate of drug-likeness (QED) is 0.737. The number of rotatable bonds is 5. The van der Waals surface area contributed by atoms with Gasteiger partial charge >= 0.3 is 6.09 Å². The van der Waals surface area contributed by atoms with Crippen LogP contribution >= 0.6 is 0 Å². The van der Waals surface area contributed by atoms with E-state index in [9.17, 15) is 9.59 Å². The van der Waals surface area contributed by atoms with Crippen molar-refractivity contribution in [2.45, 2.75) is 46.3 Å². The molecule has 0 rings (SSSR count). The van der Waals surface area contributed by atoms with Crippen LogP contribution in [0.4, 0.5) is 4.79 Å². The van der Waals surface area contributed by atoms with Crippen molar-refractivity contribution in [1.29, 1.82) is 0 Å². The maximum absolute atomic E-state index is 11.8. The van der Waals surface area contributed by atoms with Crippen LogP contribution in [0.25, 0.3) is 0 Å². The Kier molecular flexibility index (Phi) is 6.44. The average molecular weight is 256 g/mol. The van der Waals surface area contributed by atoms with Crippen LogP contribution in [0, 0.1) is 5.92 Å². The molecule has 0 aliphatic heterocycles. The summed E-state index contributed by atoms with van der Waals surface area (Å²) in [6.45, 7) is 12.9. The van der Waals surface area contributed by atoms with Crippen molar-refractivity contribution in [3.05, 3.63) is 12.7 Å². The van der Waals surface area contributed by atoms with Gasteiger partial charge in [-0.25, -0.2) is 4.79 Å². The van der Waals surface area contributed by atoms with Gasteiger partial charge in [-0.3, -0.25) is 4.79 Å². The topological polar surface area (TPSA) is 67.4 Å². The molecular weight excluding hydrogens is 232 g/mol. The highest BCUT2D eigenvalue weighted by Crippen LogP contribution is 2.08. The second-order valence-electron chi connectivity index (χ2n) is 5.40. The molecule has 0 aromatic rings. The molecule has 0 radical (unpaired) electrons. The van der Waals surface area contributed by atoms with Gasteiger partial charge in [-0.05, 0) is 26.7 Å². The lowest BCUT2D eigenvalue weighted by Crippen LogP contribution is -2.50. The Bertz CT molecular complexity index is 306. The zero-order valence-electron chi connectivity index (χ0n) is 11.9. The minimum atomic E-state index is -0.611. The van der Waals surface area contributed by atoms with Gasteiger partial charge in [-0.15, -0.1) is 6.58 Å². The molecule has 5 nitrogen and oxygen atoms in total. The SMILES string of the molecule is C=CCNC(=O)C(NC(=O)OC(C)(C)C)C(C)C. The van der Waals surface area contributed by atoms with E-state index in [4.69, 9.17) is 4.74 Å². The number of amides is 2. The Morgan fingerprint density at radius 2 is 1.89 bits per heavy atom. The van der Waals surface area contributed by atoms with E-state index in [1.54, 1.807) is 26.8 Å². The number of carbonyl (C=O) groups excluding carboxylic acids is 2. The van der Waals surface area contributed by atoms with Crippen molar-refractivity contribution in [3.8, 4) is 0 Å². The van der Waals surface area contributed by atoms with Gasteiger partial charge in [0.2, 0.25) is 5.91 Å². The van der Waals surface area contributed by atoms with Crippen LogP contribution in [-0.4, -0.2) is 30.2 Å². The lowest BCUT2D eigenvalue weighted by molar-refractivity contribution is -0.124. The summed E-state index contributed by atoms with van der Waals surface area (Å²) in [6.07, 6.45) is 0.998. The first-order valence-corrected chi connectivity index (χ1v) is 6.05. The highest BCUT2D eigenvalue weighted by molar-refractivity contribution is 5.86. The molecular formula is C13H24N2O3. The highest BCUT2D eigenvalue weighted by Gasteiger charge is 2.26. The molecule has 104 valence electrons. The van der Waals surface area contributed by atoms with Gasteiger partial charge in [0.05, 0.1) is 0 Å². The smallest absolute Gasteiger partial charge is 0.408 e. The van der Waals surface area contributed by atoms with E-state index in [-0.39, 0.29) is 11.8 Å². The van der Waals surface area contributed by atoms with Crippen LogP contribution in [0.5, 0.6) is 0 Å². The standard InChI is InChI=1S/C13H24N2O3/c1-7-8-14-11(16)10(9(2)3)15-12(17)18-13(4,5)6/h7,9-10H,1,8H2,2-6H3,(H,14,16)(H,15,17). The molecule has 0 spiro atoms. The van der Waals surface area contributed by atoms with Crippen LogP contribution in [0.2, 0.25) is 0 Å².